The second-order valence-corrected chi connectivity index (χ2v) is 8.43. The lowest BCUT2D eigenvalue weighted by molar-refractivity contribution is -0.119. The highest BCUT2D eigenvalue weighted by atomic mass is 32.2. The van der Waals surface area contributed by atoms with Gasteiger partial charge in [0.1, 0.15) is 0 Å². The lowest BCUT2D eigenvalue weighted by Gasteiger charge is -2.26. The summed E-state index contributed by atoms with van der Waals surface area (Å²) in [5.41, 5.74) is 1.09. The molecule has 1 aromatic carbocycles. The number of benzene rings is 1. The third kappa shape index (κ3) is 5.00. The number of ether oxygens (including phenoxy) is 2. The molecule has 0 aliphatic carbocycles. The van der Waals surface area contributed by atoms with Crippen molar-refractivity contribution in [3.63, 3.8) is 0 Å². The largest absolute Gasteiger partial charge is 0.452 e. The third-order valence-electron chi connectivity index (χ3n) is 4.33. The van der Waals surface area contributed by atoms with Crippen molar-refractivity contribution in [2.75, 3.05) is 38.2 Å². The fourth-order valence-electron chi connectivity index (χ4n) is 2.82. The number of anilines is 1. The molecule has 0 unspecified atom stereocenters. The number of carbonyl (C=O) groups is 2. The first-order valence-corrected chi connectivity index (χ1v) is 10.4. The Morgan fingerprint density at radius 3 is 2.66 bits per heavy atom. The lowest BCUT2D eigenvalue weighted by Crippen LogP contribution is -2.40. The first kappa shape index (κ1) is 21.0. The molecule has 10 nitrogen and oxygen atoms in total. The third-order valence-corrected chi connectivity index (χ3v) is 6.38. The van der Waals surface area contributed by atoms with Crippen molar-refractivity contribution >= 4 is 27.6 Å². The normalized spacial score (nSPS) is 15.1. The Bertz CT molecular complexity index is 1010. The molecule has 0 radical (unpaired) electrons. The minimum absolute atomic E-state index is 0.115. The predicted octanol–water partition coefficient (Wildman–Crippen LogP) is 0.545. The summed E-state index contributed by atoms with van der Waals surface area (Å²) < 4.78 is 38.8. The second kappa shape index (κ2) is 8.72. The van der Waals surface area contributed by atoms with Crippen LogP contribution in [0.1, 0.15) is 15.9 Å². The van der Waals surface area contributed by atoms with Gasteiger partial charge in [0.05, 0.1) is 29.9 Å². The molecule has 2 aromatic rings. The molecule has 2 heterocycles. The molecular weight excluding hydrogens is 400 g/mol. The SMILES string of the molecule is Cc1ccc(NC(=O)COC(=O)c2cnn(C)c2)cc1S(=O)(=O)N1CCOCC1. The van der Waals surface area contributed by atoms with Gasteiger partial charge in [0.2, 0.25) is 10.0 Å². The van der Waals surface area contributed by atoms with E-state index in [2.05, 4.69) is 10.4 Å². The van der Waals surface area contributed by atoms with Gasteiger partial charge in [-0.2, -0.15) is 9.40 Å². The van der Waals surface area contributed by atoms with Gasteiger partial charge in [0.25, 0.3) is 5.91 Å². The monoisotopic (exact) mass is 422 g/mol. The van der Waals surface area contributed by atoms with Crippen molar-refractivity contribution in [2.24, 2.45) is 7.05 Å². The number of esters is 1. The zero-order chi connectivity index (χ0) is 21.0. The van der Waals surface area contributed by atoms with Crippen LogP contribution in [0.25, 0.3) is 0 Å². The Labute approximate surface area is 168 Å². The van der Waals surface area contributed by atoms with E-state index >= 15 is 0 Å². The first-order valence-electron chi connectivity index (χ1n) is 8.91. The van der Waals surface area contributed by atoms with Crippen LogP contribution in [-0.2, 0) is 31.3 Å². The molecule has 1 amide bonds. The molecule has 0 bridgehead atoms. The number of aryl methyl sites for hydroxylation is 2. The van der Waals surface area contributed by atoms with E-state index in [9.17, 15) is 18.0 Å². The standard InChI is InChI=1S/C18H22N4O6S/c1-13-3-4-15(9-16(13)29(25,26)22-5-7-27-8-6-22)20-17(23)12-28-18(24)14-10-19-21(2)11-14/h3-4,9-11H,5-8,12H2,1-2H3,(H,20,23). The molecular formula is C18H22N4O6S. The lowest BCUT2D eigenvalue weighted by atomic mass is 10.2. The summed E-state index contributed by atoms with van der Waals surface area (Å²) in [7, 11) is -2.05. The number of rotatable bonds is 6. The van der Waals surface area contributed by atoms with Crippen LogP contribution >= 0.6 is 0 Å². The number of aromatic nitrogens is 2. The summed E-state index contributed by atoms with van der Waals surface area (Å²) in [4.78, 5) is 24.1. The van der Waals surface area contributed by atoms with E-state index in [0.29, 0.717) is 24.5 Å². The number of carbonyl (C=O) groups excluding carboxylic acids is 2. The van der Waals surface area contributed by atoms with Gasteiger partial charge in [-0.25, -0.2) is 13.2 Å². The molecule has 1 N–H and O–H groups in total. The quantitative estimate of drug-likeness (QED) is 0.675. The molecule has 0 atom stereocenters. The van der Waals surface area contributed by atoms with Gasteiger partial charge >= 0.3 is 5.97 Å². The highest BCUT2D eigenvalue weighted by Gasteiger charge is 2.28. The van der Waals surface area contributed by atoms with Crippen LogP contribution in [0.5, 0.6) is 0 Å². The van der Waals surface area contributed by atoms with Crippen molar-refractivity contribution < 1.29 is 27.5 Å². The number of nitrogens with zero attached hydrogens (tertiary/aromatic N) is 3. The zero-order valence-corrected chi connectivity index (χ0v) is 16.9. The smallest absolute Gasteiger partial charge is 0.341 e. The second-order valence-electron chi connectivity index (χ2n) is 6.52. The molecule has 3 rings (SSSR count). The van der Waals surface area contributed by atoms with Gasteiger partial charge in [0.15, 0.2) is 6.61 Å². The molecule has 11 heteroatoms. The van der Waals surface area contributed by atoms with Crippen LogP contribution < -0.4 is 5.32 Å². The van der Waals surface area contributed by atoms with Crippen molar-refractivity contribution in [1.29, 1.82) is 0 Å². The van der Waals surface area contributed by atoms with E-state index in [4.69, 9.17) is 9.47 Å². The fraction of sp³-hybridized carbons (Fsp3) is 0.389. The van der Waals surface area contributed by atoms with Gasteiger partial charge in [-0.15, -0.1) is 0 Å². The van der Waals surface area contributed by atoms with Gasteiger partial charge in [0, 0.05) is 32.0 Å². The molecule has 1 aromatic heterocycles. The van der Waals surface area contributed by atoms with Gasteiger partial charge < -0.3 is 14.8 Å². The number of morpholine rings is 1. The average molecular weight is 422 g/mol. The van der Waals surface area contributed by atoms with Gasteiger partial charge in [-0.3, -0.25) is 9.48 Å². The minimum atomic E-state index is -3.70. The first-order chi connectivity index (χ1) is 13.8. The van der Waals surface area contributed by atoms with E-state index < -0.39 is 28.5 Å². The fourth-order valence-corrected chi connectivity index (χ4v) is 4.48. The molecule has 1 saturated heterocycles. The Morgan fingerprint density at radius 1 is 1.28 bits per heavy atom. The maximum absolute atomic E-state index is 12.9. The van der Waals surface area contributed by atoms with Crippen LogP contribution in [-0.4, -0.2) is 67.3 Å². The molecule has 29 heavy (non-hydrogen) atoms. The van der Waals surface area contributed by atoms with E-state index in [-0.39, 0.29) is 23.5 Å². The minimum Gasteiger partial charge on any atom is -0.452 e. The molecule has 1 aliphatic rings. The van der Waals surface area contributed by atoms with Crippen molar-refractivity contribution in [3.8, 4) is 0 Å². The Balaban J connectivity index is 1.66. The summed E-state index contributed by atoms with van der Waals surface area (Å²) in [5.74, 6) is -1.26. The Kier molecular flexibility index (Phi) is 6.30. The highest BCUT2D eigenvalue weighted by Crippen LogP contribution is 2.24. The summed E-state index contributed by atoms with van der Waals surface area (Å²) in [6, 6.07) is 4.61. The molecule has 156 valence electrons. The number of hydrogen-bond donors (Lipinski definition) is 1. The molecule has 0 saturated carbocycles. The van der Waals surface area contributed by atoms with E-state index in [1.54, 1.807) is 26.1 Å². The summed E-state index contributed by atoms with van der Waals surface area (Å²) in [6.45, 7) is 2.43. The molecule has 1 aliphatic heterocycles. The number of nitrogens with one attached hydrogen (secondary N) is 1. The maximum atomic E-state index is 12.9. The van der Waals surface area contributed by atoms with Gasteiger partial charge in [-0.05, 0) is 24.6 Å². The maximum Gasteiger partial charge on any atom is 0.341 e. The van der Waals surface area contributed by atoms with Crippen LogP contribution in [0.4, 0.5) is 5.69 Å². The summed E-state index contributed by atoms with van der Waals surface area (Å²) in [6.07, 6.45) is 2.81. The summed E-state index contributed by atoms with van der Waals surface area (Å²) >= 11 is 0. The number of sulfonamides is 1. The van der Waals surface area contributed by atoms with Crippen LogP contribution in [0.2, 0.25) is 0 Å². The van der Waals surface area contributed by atoms with Crippen LogP contribution in [0, 0.1) is 6.92 Å². The topological polar surface area (TPSA) is 120 Å². The Morgan fingerprint density at radius 2 is 2.00 bits per heavy atom. The zero-order valence-electron chi connectivity index (χ0n) is 16.1. The van der Waals surface area contributed by atoms with Crippen molar-refractivity contribution in [1.82, 2.24) is 14.1 Å². The van der Waals surface area contributed by atoms with E-state index in [1.807, 2.05) is 0 Å². The average Bonchev–Trinajstić information content (AvgIpc) is 3.14. The van der Waals surface area contributed by atoms with Crippen molar-refractivity contribution in [2.45, 2.75) is 11.8 Å². The van der Waals surface area contributed by atoms with E-state index in [0.717, 1.165) is 0 Å². The summed E-state index contributed by atoms with van der Waals surface area (Å²) in [5, 5.41) is 6.41. The highest BCUT2D eigenvalue weighted by molar-refractivity contribution is 7.89. The molecule has 1 fully saturated rings. The van der Waals surface area contributed by atoms with Gasteiger partial charge in [-0.1, -0.05) is 6.07 Å². The van der Waals surface area contributed by atoms with Crippen molar-refractivity contribution in [3.05, 3.63) is 41.7 Å². The molecule has 0 spiro atoms. The number of amides is 1. The van der Waals surface area contributed by atoms with E-state index in [1.165, 1.54) is 27.4 Å². The predicted molar refractivity (Wildman–Crippen MR) is 103 cm³/mol. The van der Waals surface area contributed by atoms with Crippen LogP contribution in [0.15, 0.2) is 35.5 Å². The number of hydrogen-bond acceptors (Lipinski definition) is 7. The van der Waals surface area contributed by atoms with Crippen LogP contribution in [0.3, 0.4) is 0 Å². The Hall–Kier alpha value is -2.76.